The van der Waals surface area contributed by atoms with Gasteiger partial charge in [-0.3, -0.25) is 9.48 Å². The third-order valence-electron chi connectivity index (χ3n) is 3.05. The lowest BCUT2D eigenvalue weighted by molar-refractivity contribution is -0.116. The van der Waals surface area contributed by atoms with Crippen molar-refractivity contribution in [3.63, 3.8) is 0 Å². The Balaban J connectivity index is 1.89. The Morgan fingerprint density at radius 2 is 2.19 bits per heavy atom. The third-order valence-corrected chi connectivity index (χ3v) is 3.57. The van der Waals surface area contributed by atoms with Crippen molar-refractivity contribution in [2.75, 3.05) is 11.1 Å². The number of nitrogens with two attached hydrogens (primary N) is 1. The van der Waals surface area contributed by atoms with E-state index in [-0.39, 0.29) is 5.91 Å². The minimum atomic E-state index is -0.143. The molecule has 5 nitrogen and oxygen atoms in total. The first kappa shape index (κ1) is 15.7. The Morgan fingerprint density at radius 1 is 1.43 bits per heavy atom. The number of hydrogen-bond acceptors (Lipinski definition) is 3. The lowest BCUT2D eigenvalue weighted by Crippen LogP contribution is -2.14. The summed E-state index contributed by atoms with van der Waals surface area (Å²) >= 11 is 11.8. The number of rotatable bonds is 5. The van der Waals surface area contributed by atoms with Gasteiger partial charge in [-0.05, 0) is 31.5 Å². The van der Waals surface area contributed by atoms with Gasteiger partial charge in [0.15, 0.2) is 0 Å². The number of amides is 1. The Morgan fingerprint density at radius 3 is 2.81 bits per heavy atom. The number of anilines is 2. The average Bonchev–Trinajstić information content (AvgIpc) is 2.80. The number of halogens is 2. The Labute approximate surface area is 133 Å². The van der Waals surface area contributed by atoms with Crippen LogP contribution < -0.4 is 11.1 Å². The average molecular weight is 327 g/mol. The monoisotopic (exact) mass is 326 g/mol. The van der Waals surface area contributed by atoms with Crippen LogP contribution in [-0.2, 0) is 11.3 Å². The summed E-state index contributed by atoms with van der Waals surface area (Å²) in [6.07, 6.45) is 2.78. The van der Waals surface area contributed by atoms with Gasteiger partial charge in [0.2, 0.25) is 5.91 Å². The van der Waals surface area contributed by atoms with Crippen LogP contribution in [-0.4, -0.2) is 15.7 Å². The summed E-state index contributed by atoms with van der Waals surface area (Å²) in [5, 5.41) is 7.64. The molecule has 21 heavy (non-hydrogen) atoms. The second-order valence-corrected chi connectivity index (χ2v) is 5.54. The molecule has 0 unspecified atom stereocenters. The van der Waals surface area contributed by atoms with Crippen molar-refractivity contribution in [1.29, 1.82) is 0 Å². The summed E-state index contributed by atoms with van der Waals surface area (Å²) in [7, 11) is 0. The van der Waals surface area contributed by atoms with E-state index >= 15 is 0 Å². The van der Waals surface area contributed by atoms with Gasteiger partial charge in [0.25, 0.3) is 0 Å². The molecule has 1 amide bonds. The van der Waals surface area contributed by atoms with Crippen molar-refractivity contribution in [2.45, 2.75) is 26.3 Å². The molecular weight excluding hydrogens is 311 g/mol. The summed E-state index contributed by atoms with van der Waals surface area (Å²) in [5.74, 6) is -0.143. The van der Waals surface area contributed by atoms with E-state index in [4.69, 9.17) is 28.9 Å². The van der Waals surface area contributed by atoms with Crippen molar-refractivity contribution < 1.29 is 4.79 Å². The molecule has 0 saturated carbocycles. The first-order chi connectivity index (χ1) is 9.97. The summed E-state index contributed by atoms with van der Waals surface area (Å²) in [6.45, 7) is 2.66. The number of carbonyl (C=O) groups is 1. The Hall–Kier alpha value is -1.72. The highest BCUT2D eigenvalue weighted by Gasteiger charge is 2.10. The summed E-state index contributed by atoms with van der Waals surface area (Å²) in [4.78, 5) is 11.9. The maximum atomic E-state index is 11.9. The Kier molecular flexibility index (Phi) is 5.09. The van der Waals surface area contributed by atoms with Gasteiger partial charge in [0, 0.05) is 29.9 Å². The van der Waals surface area contributed by atoms with Gasteiger partial charge in [-0.1, -0.05) is 23.2 Å². The molecule has 1 aromatic carbocycles. The zero-order chi connectivity index (χ0) is 15.4. The first-order valence-corrected chi connectivity index (χ1v) is 7.25. The van der Waals surface area contributed by atoms with E-state index in [1.807, 2.05) is 17.7 Å². The highest BCUT2D eigenvalue weighted by Crippen LogP contribution is 2.32. The summed E-state index contributed by atoms with van der Waals surface area (Å²) in [5.41, 5.74) is 7.62. The number of nitrogens with zero attached hydrogens (tertiary/aromatic N) is 2. The maximum absolute atomic E-state index is 11.9. The number of hydrogen-bond donors (Lipinski definition) is 2. The van der Waals surface area contributed by atoms with Crippen LogP contribution in [0.2, 0.25) is 10.0 Å². The van der Waals surface area contributed by atoms with Crippen LogP contribution in [0.1, 0.15) is 18.5 Å². The number of aryl methyl sites for hydroxylation is 2. The minimum absolute atomic E-state index is 0.143. The second-order valence-electron chi connectivity index (χ2n) is 4.70. The molecule has 0 aliphatic carbocycles. The van der Waals surface area contributed by atoms with E-state index < -0.39 is 0 Å². The molecule has 112 valence electrons. The molecule has 0 atom stereocenters. The van der Waals surface area contributed by atoms with Gasteiger partial charge in [0.05, 0.1) is 16.4 Å². The molecule has 0 fully saturated rings. The second kappa shape index (κ2) is 6.83. The highest BCUT2D eigenvalue weighted by atomic mass is 35.5. The fraction of sp³-hybridized carbons (Fsp3) is 0.286. The predicted molar refractivity (Wildman–Crippen MR) is 85.7 cm³/mol. The van der Waals surface area contributed by atoms with Crippen LogP contribution in [0.4, 0.5) is 11.4 Å². The molecule has 3 N–H and O–H groups in total. The van der Waals surface area contributed by atoms with E-state index in [9.17, 15) is 4.79 Å². The lowest BCUT2D eigenvalue weighted by Gasteiger charge is -2.11. The minimum Gasteiger partial charge on any atom is -0.397 e. The number of nitrogens with one attached hydrogen (secondary N) is 1. The van der Waals surface area contributed by atoms with E-state index in [1.165, 1.54) is 0 Å². The lowest BCUT2D eigenvalue weighted by atomic mass is 10.2. The molecule has 0 radical (unpaired) electrons. The fourth-order valence-corrected chi connectivity index (χ4v) is 2.51. The van der Waals surface area contributed by atoms with Gasteiger partial charge < -0.3 is 11.1 Å². The molecule has 0 aliphatic rings. The summed E-state index contributed by atoms with van der Waals surface area (Å²) < 4.78 is 1.86. The SMILES string of the molecule is Cc1ccnn1CCCC(=O)Nc1c(N)cc(Cl)cc1Cl. The van der Waals surface area contributed by atoms with Crippen LogP contribution in [0.3, 0.4) is 0 Å². The van der Waals surface area contributed by atoms with Crippen molar-refractivity contribution in [3.05, 3.63) is 40.1 Å². The third kappa shape index (κ3) is 4.12. The van der Waals surface area contributed by atoms with Crippen LogP contribution in [0.15, 0.2) is 24.4 Å². The molecule has 2 rings (SSSR count). The highest BCUT2D eigenvalue weighted by molar-refractivity contribution is 6.37. The van der Waals surface area contributed by atoms with Gasteiger partial charge in [-0.25, -0.2) is 0 Å². The molecule has 2 aromatic rings. The van der Waals surface area contributed by atoms with Crippen molar-refractivity contribution in [3.8, 4) is 0 Å². The number of carbonyl (C=O) groups excluding carboxylic acids is 1. The number of nitrogen functional groups attached to an aromatic ring is 1. The molecule has 0 aliphatic heterocycles. The van der Waals surface area contributed by atoms with Crippen LogP contribution in [0.5, 0.6) is 0 Å². The quantitative estimate of drug-likeness (QED) is 0.826. The van der Waals surface area contributed by atoms with Gasteiger partial charge in [0.1, 0.15) is 0 Å². The molecular formula is C14H16Cl2N4O. The fourth-order valence-electron chi connectivity index (χ4n) is 1.95. The zero-order valence-corrected chi connectivity index (χ0v) is 13.1. The molecule has 7 heteroatoms. The number of aromatic nitrogens is 2. The smallest absolute Gasteiger partial charge is 0.224 e. The van der Waals surface area contributed by atoms with Gasteiger partial charge >= 0.3 is 0 Å². The van der Waals surface area contributed by atoms with E-state index in [1.54, 1.807) is 18.3 Å². The molecule has 1 heterocycles. The zero-order valence-electron chi connectivity index (χ0n) is 11.6. The van der Waals surface area contributed by atoms with E-state index in [2.05, 4.69) is 10.4 Å². The van der Waals surface area contributed by atoms with Crippen molar-refractivity contribution in [1.82, 2.24) is 9.78 Å². The number of benzene rings is 1. The van der Waals surface area contributed by atoms with Gasteiger partial charge in [-0.15, -0.1) is 0 Å². The van der Waals surface area contributed by atoms with E-state index in [0.717, 1.165) is 5.69 Å². The normalized spacial score (nSPS) is 10.6. The standard InChI is InChI=1S/C14H16Cl2N4O/c1-9-4-5-18-20(9)6-2-3-13(21)19-14-11(16)7-10(15)8-12(14)17/h4-5,7-8H,2-3,6,17H2,1H3,(H,19,21). The predicted octanol–water partition coefficient (Wildman–Crippen LogP) is 3.50. The van der Waals surface area contributed by atoms with Crippen molar-refractivity contribution in [2.24, 2.45) is 0 Å². The Bertz CT molecular complexity index is 631. The summed E-state index contributed by atoms with van der Waals surface area (Å²) in [6, 6.07) is 5.02. The molecule has 0 spiro atoms. The van der Waals surface area contributed by atoms with Crippen LogP contribution >= 0.6 is 23.2 Å². The maximum Gasteiger partial charge on any atom is 0.224 e. The molecule has 0 saturated heterocycles. The largest absolute Gasteiger partial charge is 0.397 e. The van der Waals surface area contributed by atoms with Crippen LogP contribution in [0.25, 0.3) is 0 Å². The van der Waals surface area contributed by atoms with Crippen LogP contribution in [0, 0.1) is 6.92 Å². The first-order valence-electron chi connectivity index (χ1n) is 6.50. The molecule has 1 aromatic heterocycles. The van der Waals surface area contributed by atoms with E-state index in [0.29, 0.717) is 40.8 Å². The topological polar surface area (TPSA) is 72.9 Å². The van der Waals surface area contributed by atoms with Gasteiger partial charge in [-0.2, -0.15) is 5.10 Å². The van der Waals surface area contributed by atoms with Crippen molar-refractivity contribution >= 4 is 40.5 Å². The molecule has 0 bridgehead atoms.